The Hall–Kier alpha value is -2.54. The van der Waals surface area contributed by atoms with Crippen molar-refractivity contribution in [1.82, 2.24) is 20.2 Å². The van der Waals surface area contributed by atoms with Gasteiger partial charge < -0.3 is 10.3 Å². The molecule has 1 amide bonds. The molecule has 7 heteroatoms. The molecule has 1 aliphatic heterocycles. The number of likely N-dealkylation sites (tertiary alicyclic amines) is 1. The highest BCUT2D eigenvalue weighted by Gasteiger charge is 2.23. The van der Waals surface area contributed by atoms with Crippen molar-refractivity contribution in [3.8, 4) is 0 Å². The Morgan fingerprint density at radius 3 is 2.60 bits per heavy atom. The summed E-state index contributed by atoms with van der Waals surface area (Å²) < 4.78 is 13.2. The van der Waals surface area contributed by atoms with Gasteiger partial charge in [0.05, 0.1) is 12.2 Å². The molecular formula is C18H21FN4O2. The number of piperidine rings is 1. The lowest BCUT2D eigenvalue weighted by Gasteiger charge is -2.35. The van der Waals surface area contributed by atoms with Crippen molar-refractivity contribution >= 4 is 5.91 Å². The van der Waals surface area contributed by atoms with Gasteiger partial charge in [0.2, 0.25) is 0 Å². The normalized spacial score (nSPS) is 16.4. The zero-order valence-electron chi connectivity index (χ0n) is 13.9. The van der Waals surface area contributed by atoms with Crippen LogP contribution < -0.4 is 10.9 Å². The van der Waals surface area contributed by atoms with Gasteiger partial charge in [-0.1, -0.05) is 18.6 Å². The number of benzene rings is 1. The van der Waals surface area contributed by atoms with Crippen LogP contribution in [0, 0.1) is 5.82 Å². The minimum Gasteiger partial charge on any atom is -0.349 e. The quantitative estimate of drug-likeness (QED) is 0.868. The second-order valence-corrected chi connectivity index (χ2v) is 6.17. The second kappa shape index (κ2) is 8.02. The number of aromatic amines is 1. The maximum atomic E-state index is 13.2. The van der Waals surface area contributed by atoms with E-state index < -0.39 is 0 Å². The summed E-state index contributed by atoms with van der Waals surface area (Å²) in [7, 11) is 0. The summed E-state index contributed by atoms with van der Waals surface area (Å²) in [6, 6.07) is 6.39. The minimum absolute atomic E-state index is 0.0207. The largest absolute Gasteiger partial charge is 0.349 e. The van der Waals surface area contributed by atoms with E-state index in [0.29, 0.717) is 6.54 Å². The van der Waals surface area contributed by atoms with Crippen LogP contribution >= 0.6 is 0 Å². The van der Waals surface area contributed by atoms with E-state index in [1.54, 1.807) is 12.1 Å². The van der Waals surface area contributed by atoms with E-state index in [-0.39, 0.29) is 29.0 Å². The molecule has 1 fully saturated rings. The third kappa shape index (κ3) is 4.51. The fourth-order valence-electron chi connectivity index (χ4n) is 3.12. The fourth-order valence-corrected chi connectivity index (χ4v) is 3.12. The molecular weight excluding hydrogens is 323 g/mol. The number of nitrogens with one attached hydrogen (secondary N) is 2. The van der Waals surface area contributed by atoms with Crippen molar-refractivity contribution < 1.29 is 9.18 Å². The topological polar surface area (TPSA) is 78.1 Å². The Labute approximate surface area is 145 Å². The van der Waals surface area contributed by atoms with Gasteiger partial charge in [0, 0.05) is 12.7 Å². The van der Waals surface area contributed by atoms with E-state index in [1.165, 1.54) is 24.8 Å². The molecule has 1 aromatic carbocycles. The monoisotopic (exact) mass is 344 g/mol. The first-order valence-corrected chi connectivity index (χ1v) is 8.46. The molecule has 1 aromatic heterocycles. The summed E-state index contributed by atoms with van der Waals surface area (Å²) in [4.78, 5) is 31.9. The summed E-state index contributed by atoms with van der Waals surface area (Å²) in [6.07, 6.45) is 5.82. The van der Waals surface area contributed by atoms with Crippen LogP contribution in [0.5, 0.6) is 0 Å². The van der Waals surface area contributed by atoms with E-state index in [0.717, 1.165) is 37.7 Å². The van der Waals surface area contributed by atoms with E-state index in [2.05, 4.69) is 20.2 Å². The van der Waals surface area contributed by atoms with Crippen molar-refractivity contribution in [2.75, 3.05) is 19.6 Å². The number of nitrogens with zero attached hydrogens (tertiary/aromatic N) is 2. The molecule has 132 valence electrons. The predicted molar refractivity (Wildman–Crippen MR) is 91.8 cm³/mol. The van der Waals surface area contributed by atoms with Gasteiger partial charge in [0.15, 0.2) is 0 Å². The maximum absolute atomic E-state index is 13.2. The molecule has 0 radical (unpaired) electrons. The zero-order chi connectivity index (χ0) is 17.6. The van der Waals surface area contributed by atoms with Crippen molar-refractivity contribution in [2.24, 2.45) is 0 Å². The van der Waals surface area contributed by atoms with Crippen molar-refractivity contribution in [2.45, 2.75) is 25.3 Å². The van der Waals surface area contributed by atoms with Crippen LogP contribution in [0.3, 0.4) is 0 Å². The number of H-pyrrole nitrogens is 1. The van der Waals surface area contributed by atoms with E-state index in [1.807, 2.05) is 0 Å². The highest BCUT2D eigenvalue weighted by atomic mass is 19.1. The Kier molecular flexibility index (Phi) is 5.55. The fraction of sp³-hybridized carbons (Fsp3) is 0.389. The third-order valence-corrected chi connectivity index (χ3v) is 4.45. The number of carbonyl (C=O) groups is 1. The van der Waals surface area contributed by atoms with Gasteiger partial charge in [-0.2, -0.15) is 0 Å². The first-order chi connectivity index (χ1) is 12.1. The average Bonchev–Trinajstić information content (AvgIpc) is 2.64. The summed E-state index contributed by atoms with van der Waals surface area (Å²) in [6.45, 7) is 2.30. The van der Waals surface area contributed by atoms with Gasteiger partial charge in [-0.25, -0.2) is 9.37 Å². The van der Waals surface area contributed by atoms with Crippen LogP contribution in [-0.4, -0.2) is 40.4 Å². The Bertz CT molecular complexity index is 749. The van der Waals surface area contributed by atoms with E-state index >= 15 is 0 Å². The molecule has 0 spiro atoms. The van der Waals surface area contributed by atoms with Gasteiger partial charge in [-0.3, -0.25) is 14.5 Å². The van der Waals surface area contributed by atoms with Crippen LogP contribution in [0.25, 0.3) is 0 Å². The molecule has 0 unspecified atom stereocenters. The van der Waals surface area contributed by atoms with E-state index in [4.69, 9.17) is 0 Å². The van der Waals surface area contributed by atoms with Crippen LogP contribution in [0.4, 0.5) is 4.39 Å². The maximum Gasteiger partial charge on any atom is 0.271 e. The van der Waals surface area contributed by atoms with Gasteiger partial charge in [-0.05, 0) is 43.6 Å². The number of aromatic nitrogens is 2. The van der Waals surface area contributed by atoms with E-state index in [9.17, 15) is 14.0 Å². The van der Waals surface area contributed by atoms with Crippen molar-refractivity contribution in [3.63, 3.8) is 0 Å². The Morgan fingerprint density at radius 2 is 1.96 bits per heavy atom. The zero-order valence-corrected chi connectivity index (χ0v) is 13.9. The lowest BCUT2D eigenvalue weighted by molar-refractivity contribution is 0.0919. The van der Waals surface area contributed by atoms with Crippen LogP contribution in [0.2, 0.25) is 0 Å². The summed E-state index contributed by atoms with van der Waals surface area (Å²) in [5, 5.41) is 2.87. The Balaban J connectivity index is 1.72. The molecule has 0 bridgehead atoms. The first-order valence-electron chi connectivity index (χ1n) is 8.46. The van der Waals surface area contributed by atoms with Crippen LogP contribution in [0.1, 0.15) is 41.4 Å². The number of hydrogen-bond donors (Lipinski definition) is 2. The van der Waals surface area contributed by atoms with Gasteiger partial charge >= 0.3 is 0 Å². The van der Waals surface area contributed by atoms with Gasteiger partial charge in [0.1, 0.15) is 11.5 Å². The molecule has 1 saturated heterocycles. The molecule has 2 heterocycles. The Morgan fingerprint density at radius 1 is 1.24 bits per heavy atom. The number of rotatable bonds is 5. The lowest BCUT2D eigenvalue weighted by Crippen LogP contribution is -2.40. The molecule has 1 aliphatic rings. The number of carbonyl (C=O) groups excluding carboxylic acids is 1. The van der Waals surface area contributed by atoms with Gasteiger partial charge in [0.25, 0.3) is 11.5 Å². The number of halogens is 1. The molecule has 2 aromatic rings. The lowest BCUT2D eigenvalue weighted by atomic mass is 10.0. The van der Waals surface area contributed by atoms with Crippen LogP contribution in [-0.2, 0) is 0 Å². The molecule has 2 N–H and O–H groups in total. The number of amides is 1. The van der Waals surface area contributed by atoms with Gasteiger partial charge in [-0.15, -0.1) is 0 Å². The van der Waals surface area contributed by atoms with Crippen molar-refractivity contribution in [3.05, 3.63) is 64.1 Å². The molecule has 0 aliphatic carbocycles. The van der Waals surface area contributed by atoms with Crippen molar-refractivity contribution in [1.29, 1.82) is 0 Å². The SMILES string of the molecule is O=C(NC[C@H](c1ccc(F)cc1)N1CCCCC1)c1c[nH]c(=O)cn1. The molecule has 3 rings (SSSR count). The smallest absolute Gasteiger partial charge is 0.271 e. The minimum atomic E-state index is -0.353. The summed E-state index contributed by atoms with van der Waals surface area (Å²) >= 11 is 0. The summed E-state index contributed by atoms with van der Waals surface area (Å²) in [5.41, 5.74) is 0.781. The molecule has 1 atom stereocenters. The standard InChI is InChI=1S/C18H21FN4O2/c19-14-6-4-13(5-7-14)16(23-8-2-1-3-9-23)11-22-18(25)15-10-21-17(24)12-20-15/h4-7,10,12,16H,1-3,8-9,11H2,(H,21,24)(H,22,25)/t16-/m1/s1. The number of hydrogen-bond acceptors (Lipinski definition) is 4. The third-order valence-electron chi connectivity index (χ3n) is 4.45. The predicted octanol–water partition coefficient (Wildman–Crippen LogP) is 1.87. The summed E-state index contributed by atoms with van der Waals surface area (Å²) in [5.74, 6) is -0.622. The molecule has 6 nitrogen and oxygen atoms in total. The highest BCUT2D eigenvalue weighted by molar-refractivity contribution is 5.91. The second-order valence-electron chi connectivity index (χ2n) is 6.17. The van der Waals surface area contributed by atoms with Crippen LogP contribution in [0.15, 0.2) is 41.5 Å². The highest BCUT2D eigenvalue weighted by Crippen LogP contribution is 2.24. The molecule has 0 saturated carbocycles. The average molecular weight is 344 g/mol. The molecule has 25 heavy (non-hydrogen) atoms. The first kappa shape index (κ1) is 17.3.